The summed E-state index contributed by atoms with van der Waals surface area (Å²) >= 11 is 0. The zero-order chi connectivity index (χ0) is 11.6. The van der Waals surface area contributed by atoms with Gasteiger partial charge in [0.25, 0.3) is 0 Å². The summed E-state index contributed by atoms with van der Waals surface area (Å²) in [5, 5.41) is 9.06. The van der Waals surface area contributed by atoms with E-state index < -0.39 is 0 Å². The van der Waals surface area contributed by atoms with Gasteiger partial charge in [-0.2, -0.15) is 5.26 Å². The molecular formula is C11H19N3O. The van der Waals surface area contributed by atoms with Crippen LogP contribution in [0.3, 0.4) is 0 Å². The first kappa shape index (κ1) is 12.0. The van der Waals surface area contributed by atoms with Crippen LogP contribution in [0.5, 0.6) is 0 Å². The van der Waals surface area contributed by atoms with E-state index in [4.69, 9.17) is 11.0 Å². The number of primary amides is 1. The molecule has 0 aromatic carbocycles. The molecule has 2 atom stereocenters. The molecule has 0 bridgehead atoms. The van der Waals surface area contributed by atoms with Gasteiger partial charge in [-0.15, -0.1) is 0 Å². The standard InChI is InChI=1S/C11H19N3O/c1-11(2,3)8(6-12)7-14-5-4-9(14)10(13)15/h8-9H,4-5,7H2,1-3H3,(H2,13,15). The molecule has 0 aliphatic carbocycles. The third-order valence-electron chi connectivity index (χ3n) is 3.08. The second kappa shape index (κ2) is 4.19. The van der Waals surface area contributed by atoms with E-state index in [1.54, 1.807) is 0 Å². The number of rotatable bonds is 3. The van der Waals surface area contributed by atoms with Gasteiger partial charge in [-0.1, -0.05) is 20.8 Å². The van der Waals surface area contributed by atoms with Crippen LogP contribution in [-0.4, -0.2) is 29.9 Å². The van der Waals surface area contributed by atoms with Crippen molar-refractivity contribution in [1.82, 2.24) is 4.90 Å². The van der Waals surface area contributed by atoms with Gasteiger partial charge in [0, 0.05) is 13.1 Å². The third kappa shape index (κ3) is 2.69. The van der Waals surface area contributed by atoms with E-state index >= 15 is 0 Å². The molecule has 1 aliphatic heterocycles. The molecule has 0 aromatic rings. The largest absolute Gasteiger partial charge is 0.368 e. The van der Waals surface area contributed by atoms with E-state index in [1.807, 2.05) is 25.7 Å². The second-order valence-electron chi connectivity index (χ2n) is 5.25. The van der Waals surface area contributed by atoms with Crippen molar-refractivity contribution in [3.8, 4) is 6.07 Å². The number of hydrogen-bond donors (Lipinski definition) is 1. The summed E-state index contributed by atoms with van der Waals surface area (Å²) in [5.74, 6) is -0.327. The van der Waals surface area contributed by atoms with E-state index in [0.29, 0.717) is 6.54 Å². The summed E-state index contributed by atoms with van der Waals surface area (Å²) in [6.07, 6.45) is 0.831. The number of hydrogen-bond acceptors (Lipinski definition) is 3. The lowest BCUT2D eigenvalue weighted by Crippen LogP contribution is -2.56. The maximum atomic E-state index is 11.0. The zero-order valence-electron chi connectivity index (χ0n) is 9.66. The number of amides is 1. The monoisotopic (exact) mass is 209 g/mol. The summed E-state index contributed by atoms with van der Waals surface area (Å²) in [4.78, 5) is 13.0. The quantitative estimate of drug-likeness (QED) is 0.745. The van der Waals surface area contributed by atoms with Crippen LogP contribution in [0, 0.1) is 22.7 Å². The minimum absolute atomic E-state index is 0.0491. The summed E-state index contributed by atoms with van der Waals surface area (Å²) in [7, 11) is 0. The van der Waals surface area contributed by atoms with E-state index in [2.05, 4.69) is 6.07 Å². The van der Waals surface area contributed by atoms with Gasteiger partial charge in [-0.05, 0) is 11.8 Å². The number of carbonyl (C=O) groups excluding carboxylic acids is 1. The first-order valence-electron chi connectivity index (χ1n) is 5.29. The van der Waals surface area contributed by atoms with Gasteiger partial charge in [-0.3, -0.25) is 9.69 Å². The minimum atomic E-state index is -0.271. The van der Waals surface area contributed by atoms with Crippen LogP contribution in [0.15, 0.2) is 0 Å². The van der Waals surface area contributed by atoms with Crippen molar-refractivity contribution < 1.29 is 4.79 Å². The van der Waals surface area contributed by atoms with Crippen LogP contribution in [-0.2, 0) is 4.79 Å². The minimum Gasteiger partial charge on any atom is -0.368 e. The topological polar surface area (TPSA) is 70.1 Å². The fourth-order valence-electron chi connectivity index (χ4n) is 1.72. The molecule has 0 radical (unpaired) electrons. The molecule has 15 heavy (non-hydrogen) atoms. The van der Waals surface area contributed by atoms with Crippen LogP contribution in [0.25, 0.3) is 0 Å². The molecule has 0 saturated carbocycles. The number of nitrogens with zero attached hydrogens (tertiary/aromatic N) is 2. The molecule has 1 heterocycles. The molecule has 0 aromatic heterocycles. The van der Waals surface area contributed by atoms with Crippen molar-refractivity contribution in [3.63, 3.8) is 0 Å². The molecule has 1 fully saturated rings. The van der Waals surface area contributed by atoms with Crippen LogP contribution >= 0.6 is 0 Å². The van der Waals surface area contributed by atoms with E-state index in [0.717, 1.165) is 13.0 Å². The summed E-state index contributed by atoms with van der Waals surface area (Å²) < 4.78 is 0. The Morgan fingerprint density at radius 1 is 1.67 bits per heavy atom. The van der Waals surface area contributed by atoms with Gasteiger partial charge in [0.2, 0.25) is 5.91 Å². The average Bonchev–Trinajstić information content (AvgIpc) is 1.99. The van der Waals surface area contributed by atoms with Gasteiger partial charge in [-0.25, -0.2) is 0 Å². The molecule has 84 valence electrons. The van der Waals surface area contributed by atoms with Crippen molar-refractivity contribution in [3.05, 3.63) is 0 Å². The Balaban J connectivity index is 2.55. The molecule has 1 rings (SSSR count). The molecule has 1 saturated heterocycles. The Bertz CT molecular complexity index is 287. The number of nitrogens with two attached hydrogens (primary N) is 1. The Kier molecular flexibility index (Phi) is 3.35. The van der Waals surface area contributed by atoms with Crippen LogP contribution in [0.4, 0.5) is 0 Å². The fourth-order valence-corrected chi connectivity index (χ4v) is 1.72. The molecule has 1 aliphatic rings. The van der Waals surface area contributed by atoms with Gasteiger partial charge in [0.15, 0.2) is 0 Å². The number of carbonyl (C=O) groups is 1. The normalized spacial score (nSPS) is 24.0. The highest BCUT2D eigenvalue weighted by atomic mass is 16.1. The van der Waals surface area contributed by atoms with Crippen LogP contribution < -0.4 is 5.73 Å². The lowest BCUT2D eigenvalue weighted by molar-refractivity contribution is -0.128. The van der Waals surface area contributed by atoms with Crippen LogP contribution in [0.1, 0.15) is 27.2 Å². The Morgan fingerprint density at radius 2 is 2.27 bits per heavy atom. The highest BCUT2D eigenvalue weighted by Gasteiger charge is 2.36. The van der Waals surface area contributed by atoms with Crippen molar-refractivity contribution in [2.24, 2.45) is 17.1 Å². The predicted molar refractivity (Wildman–Crippen MR) is 57.7 cm³/mol. The maximum Gasteiger partial charge on any atom is 0.234 e. The van der Waals surface area contributed by atoms with Crippen LogP contribution in [0.2, 0.25) is 0 Å². The predicted octanol–water partition coefficient (Wildman–Crippen LogP) is 0.732. The number of likely N-dealkylation sites (tertiary alicyclic amines) is 1. The lowest BCUT2D eigenvalue weighted by atomic mass is 9.80. The maximum absolute atomic E-state index is 11.0. The Hall–Kier alpha value is -1.08. The van der Waals surface area contributed by atoms with Gasteiger partial charge >= 0.3 is 0 Å². The Labute approximate surface area is 91.0 Å². The van der Waals surface area contributed by atoms with Gasteiger partial charge in [0.05, 0.1) is 18.0 Å². The highest BCUT2D eigenvalue weighted by molar-refractivity contribution is 5.80. The van der Waals surface area contributed by atoms with Crippen molar-refractivity contribution in [2.45, 2.75) is 33.2 Å². The third-order valence-corrected chi connectivity index (χ3v) is 3.08. The highest BCUT2D eigenvalue weighted by Crippen LogP contribution is 2.29. The fraction of sp³-hybridized carbons (Fsp3) is 0.818. The number of nitriles is 1. The molecule has 2 unspecified atom stereocenters. The molecule has 0 spiro atoms. The lowest BCUT2D eigenvalue weighted by Gasteiger charge is -2.41. The summed E-state index contributed by atoms with van der Waals surface area (Å²) in [5.41, 5.74) is 5.20. The summed E-state index contributed by atoms with van der Waals surface area (Å²) in [6.45, 7) is 7.65. The van der Waals surface area contributed by atoms with Crippen molar-refractivity contribution >= 4 is 5.91 Å². The molecular weight excluding hydrogens is 190 g/mol. The molecule has 4 heteroatoms. The van der Waals surface area contributed by atoms with Crippen molar-refractivity contribution in [2.75, 3.05) is 13.1 Å². The Morgan fingerprint density at radius 3 is 2.53 bits per heavy atom. The van der Waals surface area contributed by atoms with E-state index in [-0.39, 0.29) is 23.3 Å². The van der Waals surface area contributed by atoms with Gasteiger partial charge in [0.1, 0.15) is 0 Å². The molecule has 1 amide bonds. The summed E-state index contributed by atoms with van der Waals surface area (Å²) in [6, 6.07) is 2.16. The molecule has 2 N–H and O–H groups in total. The molecule has 4 nitrogen and oxygen atoms in total. The SMILES string of the molecule is CC(C)(C)C(C#N)CN1CCC1C(N)=O. The van der Waals surface area contributed by atoms with E-state index in [9.17, 15) is 4.79 Å². The second-order valence-corrected chi connectivity index (χ2v) is 5.25. The van der Waals surface area contributed by atoms with Gasteiger partial charge < -0.3 is 5.73 Å². The first-order chi connectivity index (χ1) is 6.86. The van der Waals surface area contributed by atoms with E-state index in [1.165, 1.54) is 0 Å². The zero-order valence-corrected chi connectivity index (χ0v) is 9.66. The smallest absolute Gasteiger partial charge is 0.234 e. The average molecular weight is 209 g/mol. The first-order valence-corrected chi connectivity index (χ1v) is 5.29. The van der Waals surface area contributed by atoms with Crippen molar-refractivity contribution in [1.29, 1.82) is 5.26 Å².